The van der Waals surface area contributed by atoms with Gasteiger partial charge < -0.3 is 15.0 Å². The van der Waals surface area contributed by atoms with Crippen LogP contribution in [0.4, 0.5) is 5.69 Å². The number of aryl methyl sites for hydroxylation is 1. The molecule has 5 nitrogen and oxygen atoms in total. The minimum absolute atomic E-state index is 0.0957. The second kappa shape index (κ2) is 9.07. The highest BCUT2D eigenvalue weighted by Crippen LogP contribution is 2.31. The molecule has 1 atom stereocenters. The highest BCUT2D eigenvalue weighted by molar-refractivity contribution is 7.10. The van der Waals surface area contributed by atoms with Gasteiger partial charge in [-0.2, -0.15) is 0 Å². The molecule has 2 aliphatic rings. The maximum Gasteiger partial charge on any atom is 0.225 e. The number of nitrogens with zero attached hydrogens (tertiary/aromatic N) is 2. The van der Waals surface area contributed by atoms with Crippen molar-refractivity contribution in [2.75, 3.05) is 51.3 Å². The van der Waals surface area contributed by atoms with Crippen LogP contribution in [0.15, 0.2) is 35.7 Å². The molecule has 0 aliphatic carbocycles. The van der Waals surface area contributed by atoms with Gasteiger partial charge in [0.25, 0.3) is 0 Å². The van der Waals surface area contributed by atoms with Crippen LogP contribution in [0.25, 0.3) is 0 Å². The lowest BCUT2D eigenvalue weighted by Crippen LogP contribution is -2.44. The number of nitrogens with one attached hydrogen (secondary N) is 1. The number of benzene rings is 1. The summed E-state index contributed by atoms with van der Waals surface area (Å²) in [5, 5.41) is 5.20. The molecule has 1 aromatic carbocycles. The van der Waals surface area contributed by atoms with Gasteiger partial charge in [-0.15, -0.1) is 11.3 Å². The molecule has 0 saturated carbocycles. The van der Waals surface area contributed by atoms with Gasteiger partial charge in [-0.05, 0) is 41.5 Å². The Hall–Kier alpha value is -1.89. The molecule has 4 rings (SSSR count). The molecule has 1 saturated heterocycles. The Bertz CT molecular complexity index is 787. The van der Waals surface area contributed by atoms with Gasteiger partial charge in [0.15, 0.2) is 0 Å². The lowest BCUT2D eigenvalue weighted by molar-refractivity contribution is -0.120. The third-order valence-corrected chi connectivity index (χ3v) is 6.61. The summed E-state index contributed by atoms with van der Waals surface area (Å²) >= 11 is 1.63. The molecule has 150 valence electrons. The van der Waals surface area contributed by atoms with Crippen LogP contribution in [0.5, 0.6) is 0 Å². The Balaban J connectivity index is 1.49. The summed E-state index contributed by atoms with van der Waals surface area (Å²) in [5.74, 6) is 0.0957. The van der Waals surface area contributed by atoms with Gasteiger partial charge in [0.2, 0.25) is 5.91 Å². The van der Waals surface area contributed by atoms with E-state index in [2.05, 4.69) is 40.4 Å². The Morgan fingerprint density at radius 1 is 1.25 bits per heavy atom. The summed E-state index contributed by atoms with van der Waals surface area (Å²) in [4.78, 5) is 18.3. The lowest BCUT2D eigenvalue weighted by atomic mass is 9.95. The summed E-state index contributed by atoms with van der Waals surface area (Å²) in [6.07, 6.45) is 2.79. The second-order valence-corrected chi connectivity index (χ2v) is 8.67. The Labute approximate surface area is 171 Å². The van der Waals surface area contributed by atoms with Crippen molar-refractivity contribution < 1.29 is 9.53 Å². The van der Waals surface area contributed by atoms with E-state index in [1.54, 1.807) is 11.3 Å². The summed E-state index contributed by atoms with van der Waals surface area (Å²) in [6.45, 7) is 5.09. The minimum Gasteiger partial charge on any atom is -0.379 e. The van der Waals surface area contributed by atoms with Crippen LogP contribution in [-0.2, 0) is 22.4 Å². The van der Waals surface area contributed by atoms with Crippen molar-refractivity contribution in [3.8, 4) is 0 Å². The monoisotopic (exact) mass is 399 g/mol. The van der Waals surface area contributed by atoms with Crippen LogP contribution < -0.4 is 10.2 Å². The first-order chi connectivity index (χ1) is 13.7. The number of fused-ring (bicyclic) bond motifs is 1. The van der Waals surface area contributed by atoms with E-state index in [1.807, 2.05) is 17.5 Å². The van der Waals surface area contributed by atoms with Crippen LogP contribution >= 0.6 is 11.3 Å². The van der Waals surface area contributed by atoms with E-state index in [1.165, 1.54) is 23.2 Å². The molecular formula is C22H29N3O2S. The summed E-state index contributed by atoms with van der Waals surface area (Å²) in [7, 11) is 2.17. The summed E-state index contributed by atoms with van der Waals surface area (Å²) < 4.78 is 5.55. The molecule has 2 aromatic rings. The van der Waals surface area contributed by atoms with Crippen LogP contribution in [0.3, 0.4) is 0 Å². The molecule has 1 amide bonds. The molecule has 1 aromatic heterocycles. The van der Waals surface area contributed by atoms with Crippen molar-refractivity contribution in [3.05, 3.63) is 51.7 Å². The van der Waals surface area contributed by atoms with E-state index in [0.717, 1.165) is 44.1 Å². The molecular weight excluding hydrogens is 370 g/mol. The minimum atomic E-state index is 0.0957. The number of hydrogen-bond donors (Lipinski definition) is 1. The zero-order chi connectivity index (χ0) is 19.3. The van der Waals surface area contributed by atoms with Crippen LogP contribution in [0.2, 0.25) is 0 Å². The molecule has 0 unspecified atom stereocenters. The van der Waals surface area contributed by atoms with Crippen molar-refractivity contribution in [2.45, 2.75) is 25.3 Å². The van der Waals surface area contributed by atoms with Crippen molar-refractivity contribution in [1.29, 1.82) is 0 Å². The fraction of sp³-hybridized carbons (Fsp3) is 0.500. The molecule has 1 N–H and O–H groups in total. The standard InChI is InChI=1S/C22H29N3O2S/c1-24-8-2-4-17-14-18(6-7-20(17)24)21(25-9-11-27-12-10-25)16-23-22(26)15-19-5-3-13-28-19/h3,5-7,13-14,21H,2,4,8-12,15-16H2,1H3,(H,23,26)/t21-/m1/s1. The number of carbonyl (C=O) groups excluding carboxylic acids is 1. The van der Waals surface area contributed by atoms with Crippen molar-refractivity contribution in [2.24, 2.45) is 0 Å². The van der Waals surface area contributed by atoms with E-state index in [9.17, 15) is 4.79 Å². The van der Waals surface area contributed by atoms with Crippen LogP contribution in [0.1, 0.15) is 28.5 Å². The smallest absolute Gasteiger partial charge is 0.225 e. The molecule has 2 aliphatic heterocycles. The number of amides is 1. The Kier molecular flexibility index (Phi) is 6.29. The fourth-order valence-electron chi connectivity index (χ4n) is 4.20. The first kappa shape index (κ1) is 19.4. The molecule has 3 heterocycles. The van der Waals surface area contributed by atoms with Gasteiger partial charge in [0.1, 0.15) is 0 Å². The number of hydrogen-bond acceptors (Lipinski definition) is 5. The molecule has 0 spiro atoms. The van der Waals surface area contributed by atoms with Gasteiger partial charge in [-0.3, -0.25) is 9.69 Å². The van der Waals surface area contributed by atoms with Gasteiger partial charge in [-0.25, -0.2) is 0 Å². The average Bonchev–Trinajstić information content (AvgIpc) is 3.22. The maximum atomic E-state index is 12.5. The number of anilines is 1. The van der Waals surface area contributed by atoms with Crippen molar-refractivity contribution in [1.82, 2.24) is 10.2 Å². The van der Waals surface area contributed by atoms with Gasteiger partial charge in [0.05, 0.1) is 25.7 Å². The second-order valence-electron chi connectivity index (χ2n) is 7.64. The Morgan fingerprint density at radius 3 is 2.89 bits per heavy atom. The van der Waals surface area contributed by atoms with E-state index < -0.39 is 0 Å². The molecule has 0 radical (unpaired) electrons. The first-order valence-electron chi connectivity index (χ1n) is 10.2. The van der Waals surface area contributed by atoms with Crippen LogP contribution in [0, 0.1) is 0 Å². The van der Waals surface area contributed by atoms with Gasteiger partial charge in [0, 0.05) is 43.8 Å². The normalized spacial score (nSPS) is 18.5. The predicted octanol–water partition coefficient (Wildman–Crippen LogP) is 2.86. The van der Waals surface area contributed by atoms with Gasteiger partial charge >= 0.3 is 0 Å². The third-order valence-electron chi connectivity index (χ3n) is 5.73. The summed E-state index contributed by atoms with van der Waals surface area (Å²) in [6, 6.07) is 11.1. The van der Waals surface area contributed by atoms with E-state index >= 15 is 0 Å². The Morgan fingerprint density at radius 2 is 2.11 bits per heavy atom. The number of thiophene rings is 1. The largest absolute Gasteiger partial charge is 0.379 e. The molecule has 0 bridgehead atoms. The number of morpholine rings is 1. The zero-order valence-corrected chi connectivity index (χ0v) is 17.3. The van der Waals surface area contributed by atoms with Gasteiger partial charge in [-0.1, -0.05) is 18.2 Å². The topological polar surface area (TPSA) is 44.8 Å². The fourth-order valence-corrected chi connectivity index (χ4v) is 4.91. The van der Waals surface area contributed by atoms with E-state index in [4.69, 9.17) is 4.74 Å². The maximum absolute atomic E-state index is 12.5. The number of ether oxygens (including phenoxy) is 1. The van der Waals surface area contributed by atoms with Crippen molar-refractivity contribution in [3.63, 3.8) is 0 Å². The highest BCUT2D eigenvalue weighted by Gasteiger charge is 2.25. The molecule has 28 heavy (non-hydrogen) atoms. The zero-order valence-electron chi connectivity index (χ0n) is 16.5. The highest BCUT2D eigenvalue weighted by atomic mass is 32.1. The SMILES string of the molecule is CN1CCCc2cc([C@@H](CNC(=O)Cc3cccs3)N3CCOCC3)ccc21. The predicted molar refractivity (Wildman–Crippen MR) is 114 cm³/mol. The number of carbonyl (C=O) groups is 1. The first-order valence-corrected chi connectivity index (χ1v) is 11.0. The number of rotatable bonds is 6. The van der Waals surface area contributed by atoms with E-state index in [-0.39, 0.29) is 11.9 Å². The molecule has 6 heteroatoms. The quantitative estimate of drug-likeness (QED) is 0.811. The van der Waals surface area contributed by atoms with Crippen molar-refractivity contribution >= 4 is 22.9 Å². The average molecular weight is 400 g/mol. The summed E-state index contributed by atoms with van der Waals surface area (Å²) in [5.41, 5.74) is 4.07. The molecule has 1 fully saturated rings. The third kappa shape index (κ3) is 4.57. The lowest BCUT2D eigenvalue weighted by Gasteiger charge is -2.36. The van der Waals surface area contributed by atoms with Crippen LogP contribution in [-0.4, -0.2) is 57.2 Å². The van der Waals surface area contributed by atoms with E-state index in [0.29, 0.717) is 13.0 Å².